The Bertz CT molecular complexity index is 392. The van der Waals surface area contributed by atoms with Gasteiger partial charge in [-0.1, -0.05) is 26.7 Å². The van der Waals surface area contributed by atoms with Crippen LogP contribution in [0.15, 0.2) is 18.2 Å². The average molecular weight is 239 g/mol. The zero-order chi connectivity index (χ0) is 12.4. The van der Waals surface area contributed by atoms with Crippen LogP contribution in [0.25, 0.3) is 0 Å². The Kier molecular flexibility index (Phi) is 3.65. The third kappa shape index (κ3) is 2.76. The lowest BCUT2D eigenvalue weighted by atomic mass is 9.78. The first-order valence-corrected chi connectivity index (χ1v) is 6.29. The summed E-state index contributed by atoms with van der Waals surface area (Å²) in [5.41, 5.74) is 0.676. The van der Waals surface area contributed by atoms with Gasteiger partial charge in [-0.25, -0.2) is 8.78 Å². The summed E-state index contributed by atoms with van der Waals surface area (Å²) in [6, 6.07) is 4.38. The van der Waals surface area contributed by atoms with Crippen LogP contribution >= 0.6 is 0 Å². The molecular formula is C14H19F2N. The van der Waals surface area contributed by atoms with Crippen molar-refractivity contribution >= 4 is 5.69 Å². The van der Waals surface area contributed by atoms with Crippen LogP contribution in [0.3, 0.4) is 0 Å². The highest BCUT2D eigenvalue weighted by Crippen LogP contribution is 2.31. The Morgan fingerprint density at radius 2 is 1.88 bits per heavy atom. The van der Waals surface area contributed by atoms with E-state index in [1.807, 2.05) is 0 Å². The minimum Gasteiger partial charge on any atom is -0.382 e. The fourth-order valence-electron chi connectivity index (χ4n) is 2.59. The minimum absolute atomic E-state index is 0.364. The van der Waals surface area contributed by atoms with Crippen molar-refractivity contribution in [3.63, 3.8) is 0 Å². The zero-order valence-corrected chi connectivity index (χ0v) is 10.3. The SMILES string of the molecule is CC1CCCC(Nc2ccc(F)c(F)c2)C1C. The van der Waals surface area contributed by atoms with Gasteiger partial charge in [0.15, 0.2) is 11.6 Å². The maximum atomic E-state index is 13.1. The highest BCUT2D eigenvalue weighted by atomic mass is 19.2. The number of anilines is 1. The van der Waals surface area contributed by atoms with Crippen LogP contribution in [0.4, 0.5) is 14.5 Å². The maximum Gasteiger partial charge on any atom is 0.160 e. The van der Waals surface area contributed by atoms with E-state index in [1.165, 1.54) is 25.0 Å². The molecule has 3 unspecified atom stereocenters. The summed E-state index contributed by atoms with van der Waals surface area (Å²) in [6.07, 6.45) is 3.56. The Labute approximate surface area is 101 Å². The first-order chi connectivity index (χ1) is 8.08. The van der Waals surface area contributed by atoms with Gasteiger partial charge in [-0.3, -0.25) is 0 Å². The second-order valence-electron chi connectivity index (χ2n) is 5.15. The maximum absolute atomic E-state index is 13.1. The molecule has 0 amide bonds. The summed E-state index contributed by atoms with van der Waals surface area (Å²) in [6.45, 7) is 4.48. The minimum atomic E-state index is -0.791. The molecule has 1 aliphatic rings. The quantitative estimate of drug-likeness (QED) is 0.815. The Hall–Kier alpha value is -1.12. The van der Waals surface area contributed by atoms with Crippen LogP contribution < -0.4 is 5.32 Å². The summed E-state index contributed by atoms with van der Waals surface area (Å²) in [5.74, 6) is -0.324. The Balaban J connectivity index is 2.07. The van der Waals surface area contributed by atoms with Crippen molar-refractivity contribution in [2.45, 2.75) is 39.2 Å². The second kappa shape index (κ2) is 5.03. The molecule has 0 bridgehead atoms. The van der Waals surface area contributed by atoms with E-state index in [2.05, 4.69) is 19.2 Å². The van der Waals surface area contributed by atoms with Crippen LogP contribution in [0, 0.1) is 23.5 Å². The number of halogens is 2. The standard InChI is InChI=1S/C14H19F2N/c1-9-4-3-5-14(10(9)2)17-11-6-7-12(15)13(16)8-11/h6-10,14,17H,3-5H2,1-2H3. The summed E-state index contributed by atoms with van der Waals surface area (Å²) in [7, 11) is 0. The third-order valence-electron chi connectivity index (χ3n) is 3.98. The van der Waals surface area contributed by atoms with E-state index in [0.717, 1.165) is 6.42 Å². The summed E-state index contributed by atoms with van der Waals surface area (Å²) in [5, 5.41) is 3.32. The highest BCUT2D eigenvalue weighted by Gasteiger charge is 2.26. The van der Waals surface area contributed by atoms with Crippen molar-refractivity contribution in [1.29, 1.82) is 0 Å². The fourth-order valence-corrected chi connectivity index (χ4v) is 2.59. The summed E-state index contributed by atoms with van der Waals surface area (Å²) < 4.78 is 25.9. The largest absolute Gasteiger partial charge is 0.382 e. The molecule has 1 aromatic carbocycles. The van der Waals surface area contributed by atoms with E-state index in [4.69, 9.17) is 0 Å². The molecule has 1 aliphatic carbocycles. The van der Waals surface area contributed by atoms with Crippen molar-refractivity contribution in [3.05, 3.63) is 29.8 Å². The molecule has 1 aromatic rings. The van der Waals surface area contributed by atoms with Gasteiger partial charge in [0.05, 0.1) is 0 Å². The lowest BCUT2D eigenvalue weighted by Gasteiger charge is -2.35. The van der Waals surface area contributed by atoms with Gasteiger partial charge < -0.3 is 5.32 Å². The molecule has 1 saturated carbocycles. The molecule has 0 radical (unpaired) electrons. The van der Waals surface area contributed by atoms with Gasteiger partial charge in [-0.2, -0.15) is 0 Å². The zero-order valence-electron chi connectivity index (χ0n) is 10.3. The van der Waals surface area contributed by atoms with Crippen molar-refractivity contribution < 1.29 is 8.78 Å². The number of hydrogen-bond donors (Lipinski definition) is 1. The molecule has 1 nitrogen and oxygen atoms in total. The Morgan fingerprint density at radius 1 is 1.12 bits per heavy atom. The van der Waals surface area contributed by atoms with Crippen molar-refractivity contribution in [3.8, 4) is 0 Å². The molecular weight excluding hydrogens is 220 g/mol. The van der Waals surface area contributed by atoms with Gasteiger partial charge in [-0.05, 0) is 30.4 Å². The summed E-state index contributed by atoms with van der Waals surface area (Å²) >= 11 is 0. The normalized spacial score (nSPS) is 29.1. The molecule has 3 heteroatoms. The van der Waals surface area contributed by atoms with Crippen LogP contribution in [0.5, 0.6) is 0 Å². The van der Waals surface area contributed by atoms with Crippen molar-refractivity contribution in [1.82, 2.24) is 0 Å². The monoisotopic (exact) mass is 239 g/mol. The Morgan fingerprint density at radius 3 is 2.59 bits per heavy atom. The topological polar surface area (TPSA) is 12.0 Å². The second-order valence-corrected chi connectivity index (χ2v) is 5.15. The molecule has 94 valence electrons. The lowest BCUT2D eigenvalue weighted by Crippen LogP contribution is -2.35. The number of rotatable bonds is 2. The number of hydrogen-bond acceptors (Lipinski definition) is 1. The lowest BCUT2D eigenvalue weighted by molar-refractivity contribution is 0.253. The van der Waals surface area contributed by atoms with E-state index >= 15 is 0 Å². The highest BCUT2D eigenvalue weighted by molar-refractivity contribution is 5.44. The molecule has 0 aromatic heterocycles. The van der Waals surface area contributed by atoms with Gasteiger partial charge in [-0.15, -0.1) is 0 Å². The van der Waals surface area contributed by atoms with Gasteiger partial charge in [0.25, 0.3) is 0 Å². The van der Waals surface area contributed by atoms with Gasteiger partial charge in [0, 0.05) is 17.8 Å². The van der Waals surface area contributed by atoms with Crippen LogP contribution in [-0.2, 0) is 0 Å². The fraction of sp³-hybridized carbons (Fsp3) is 0.571. The summed E-state index contributed by atoms with van der Waals surface area (Å²) in [4.78, 5) is 0. The third-order valence-corrected chi connectivity index (χ3v) is 3.98. The van der Waals surface area contributed by atoms with E-state index < -0.39 is 11.6 Å². The smallest absolute Gasteiger partial charge is 0.160 e. The van der Waals surface area contributed by atoms with Gasteiger partial charge >= 0.3 is 0 Å². The average Bonchev–Trinajstić information content (AvgIpc) is 2.30. The first-order valence-electron chi connectivity index (χ1n) is 6.29. The first kappa shape index (κ1) is 12.3. The van der Waals surface area contributed by atoms with E-state index in [9.17, 15) is 8.78 Å². The molecule has 0 aliphatic heterocycles. The van der Waals surface area contributed by atoms with Crippen molar-refractivity contribution in [2.24, 2.45) is 11.8 Å². The van der Waals surface area contributed by atoms with Crippen LogP contribution in [0.1, 0.15) is 33.1 Å². The van der Waals surface area contributed by atoms with E-state index in [-0.39, 0.29) is 0 Å². The van der Waals surface area contributed by atoms with Gasteiger partial charge in [0.2, 0.25) is 0 Å². The number of nitrogens with one attached hydrogen (secondary N) is 1. The molecule has 17 heavy (non-hydrogen) atoms. The molecule has 2 rings (SSSR count). The molecule has 1 fully saturated rings. The molecule has 3 atom stereocenters. The molecule has 0 spiro atoms. The molecule has 0 heterocycles. The van der Waals surface area contributed by atoms with Crippen LogP contribution in [0.2, 0.25) is 0 Å². The van der Waals surface area contributed by atoms with Crippen molar-refractivity contribution in [2.75, 3.05) is 5.32 Å². The predicted molar refractivity (Wildman–Crippen MR) is 65.9 cm³/mol. The van der Waals surface area contributed by atoms with E-state index in [0.29, 0.717) is 23.6 Å². The molecule has 1 N–H and O–H groups in total. The predicted octanol–water partition coefficient (Wildman–Crippen LogP) is 4.20. The van der Waals surface area contributed by atoms with Gasteiger partial charge in [0.1, 0.15) is 0 Å². The molecule has 0 saturated heterocycles. The van der Waals surface area contributed by atoms with Crippen LogP contribution in [-0.4, -0.2) is 6.04 Å². The number of benzene rings is 1. The van der Waals surface area contributed by atoms with E-state index in [1.54, 1.807) is 6.07 Å².